The van der Waals surface area contributed by atoms with Crippen molar-refractivity contribution < 1.29 is 22.0 Å². The zero-order valence-corrected chi connectivity index (χ0v) is 20.0. The van der Waals surface area contributed by atoms with Crippen LogP contribution in [0.1, 0.15) is 28.8 Å². The summed E-state index contributed by atoms with van der Waals surface area (Å²) < 4.78 is 55.4. The van der Waals surface area contributed by atoms with Crippen molar-refractivity contribution in [3.63, 3.8) is 0 Å². The van der Waals surface area contributed by atoms with Gasteiger partial charge in [-0.15, -0.1) is 0 Å². The molecule has 0 spiro atoms. The number of amides is 1. The van der Waals surface area contributed by atoms with Crippen LogP contribution in [0.4, 0.5) is 13.9 Å². The second-order valence-corrected chi connectivity index (χ2v) is 11.1. The summed E-state index contributed by atoms with van der Waals surface area (Å²) >= 11 is 0.991. The van der Waals surface area contributed by atoms with E-state index in [1.54, 1.807) is 24.5 Å². The Labute approximate surface area is 204 Å². The van der Waals surface area contributed by atoms with Gasteiger partial charge in [-0.25, -0.2) is 22.2 Å². The lowest BCUT2D eigenvalue weighted by atomic mass is 10.2. The van der Waals surface area contributed by atoms with Gasteiger partial charge >= 0.3 is 0 Å². The lowest BCUT2D eigenvalue weighted by Crippen LogP contribution is -2.31. The maximum absolute atomic E-state index is 14.3. The first-order chi connectivity index (χ1) is 16.8. The highest BCUT2D eigenvalue weighted by Crippen LogP contribution is 2.33. The number of thiazole rings is 1. The second kappa shape index (κ2) is 9.40. The van der Waals surface area contributed by atoms with E-state index in [1.807, 2.05) is 0 Å². The number of fused-ring (bicyclic) bond motifs is 1. The quantitative estimate of drug-likeness (QED) is 0.376. The summed E-state index contributed by atoms with van der Waals surface area (Å²) in [5.74, 6) is -2.00. The van der Waals surface area contributed by atoms with E-state index in [9.17, 15) is 22.0 Å². The molecule has 0 N–H and O–H groups in total. The van der Waals surface area contributed by atoms with E-state index in [0.717, 1.165) is 30.2 Å². The van der Waals surface area contributed by atoms with Crippen LogP contribution in [0.3, 0.4) is 0 Å². The molecule has 180 valence electrons. The summed E-state index contributed by atoms with van der Waals surface area (Å²) in [6, 6.07) is 11.2. The predicted octanol–water partition coefficient (Wildman–Crippen LogP) is 4.60. The van der Waals surface area contributed by atoms with E-state index in [-0.39, 0.29) is 32.4 Å². The minimum absolute atomic E-state index is 0.0255. The molecular formula is C24H20F2N4O3S2. The first kappa shape index (κ1) is 23.5. The molecule has 2 aromatic carbocycles. The highest BCUT2D eigenvalue weighted by Gasteiger charge is 2.28. The van der Waals surface area contributed by atoms with E-state index in [1.165, 1.54) is 39.5 Å². The Morgan fingerprint density at radius 1 is 1.09 bits per heavy atom. The first-order valence-corrected chi connectivity index (χ1v) is 13.2. The molecule has 0 bridgehead atoms. The Hall–Kier alpha value is -3.28. The molecule has 0 radical (unpaired) electrons. The minimum Gasteiger partial charge on any atom is -0.279 e. The highest BCUT2D eigenvalue weighted by molar-refractivity contribution is 7.89. The molecule has 4 aromatic rings. The average molecular weight is 515 g/mol. The van der Waals surface area contributed by atoms with Gasteiger partial charge < -0.3 is 0 Å². The number of carbonyl (C=O) groups excluding carboxylic acids is 1. The number of hydrogen-bond acceptors (Lipinski definition) is 6. The van der Waals surface area contributed by atoms with E-state index in [4.69, 9.17) is 0 Å². The molecule has 11 heteroatoms. The number of halogens is 2. The van der Waals surface area contributed by atoms with Gasteiger partial charge in [-0.1, -0.05) is 17.4 Å². The SMILES string of the molecule is O=C(c1ccc(S(=O)(=O)N2CCCC2)cc1)N(Cc1cccnc1)c1nc2c(F)cc(F)cc2s1. The van der Waals surface area contributed by atoms with E-state index >= 15 is 0 Å². The lowest BCUT2D eigenvalue weighted by molar-refractivity contribution is 0.0985. The molecule has 3 heterocycles. The van der Waals surface area contributed by atoms with Crippen LogP contribution in [0.5, 0.6) is 0 Å². The van der Waals surface area contributed by atoms with E-state index in [0.29, 0.717) is 18.7 Å². The Kier molecular flexibility index (Phi) is 6.30. The van der Waals surface area contributed by atoms with Gasteiger partial charge in [0, 0.05) is 37.1 Å². The van der Waals surface area contributed by atoms with Gasteiger partial charge in [0.15, 0.2) is 10.9 Å². The number of rotatable bonds is 6. The van der Waals surface area contributed by atoms with E-state index in [2.05, 4.69) is 9.97 Å². The van der Waals surface area contributed by atoms with Crippen LogP contribution in [0.15, 0.2) is 65.8 Å². The molecule has 1 aliphatic rings. The number of anilines is 1. The number of pyridine rings is 1. The van der Waals surface area contributed by atoms with Gasteiger partial charge in [-0.3, -0.25) is 14.7 Å². The van der Waals surface area contributed by atoms with Gasteiger partial charge in [0.25, 0.3) is 5.91 Å². The fourth-order valence-corrected chi connectivity index (χ4v) is 6.48. The van der Waals surface area contributed by atoms with Crippen LogP contribution < -0.4 is 4.90 Å². The number of nitrogens with zero attached hydrogens (tertiary/aromatic N) is 4. The highest BCUT2D eigenvalue weighted by atomic mass is 32.2. The molecule has 35 heavy (non-hydrogen) atoms. The monoisotopic (exact) mass is 514 g/mol. The molecular weight excluding hydrogens is 494 g/mol. The third-order valence-corrected chi connectivity index (χ3v) is 8.68. The predicted molar refractivity (Wildman–Crippen MR) is 129 cm³/mol. The number of benzene rings is 2. The minimum atomic E-state index is -3.62. The summed E-state index contributed by atoms with van der Waals surface area (Å²) in [4.78, 5) is 23.3. The maximum Gasteiger partial charge on any atom is 0.260 e. The Bertz CT molecular complexity index is 1490. The standard InChI is InChI=1S/C24H20F2N4O3S2/c25-18-12-20(26)22-21(13-18)34-24(28-22)30(15-16-4-3-9-27-14-16)23(31)17-5-7-19(8-6-17)35(32,33)29-10-1-2-11-29/h3-9,12-14H,1-2,10-11,15H2. The average Bonchev–Trinajstić information content (AvgIpc) is 3.54. The van der Waals surface area contributed by atoms with Crippen molar-refractivity contribution in [3.8, 4) is 0 Å². The molecule has 0 unspecified atom stereocenters. The van der Waals surface area contributed by atoms with Crippen LogP contribution in [0.25, 0.3) is 10.2 Å². The first-order valence-electron chi connectivity index (χ1n) is 10.9. The molecule has 0 aliphatic carbocycles. The van der Waals surface area contributed by atoms with Crippen molar-refractivity contribution in [2.45, 2.75) is 24.3 Å². The van der Waals surface area contributed by atoms with Crippen LogP contribution in [0, 0.1) is 11.6 Å². The van der Waals surface area contributed by atoms with Gasteiger partial charge in [0.05, 0.1) is 16.1 Å². The summed E-state index contributed by atoms with van der Waals surface area (Å²) in [5.41, 5.74) is 0.919. The van der Waals surface area contributed by atoms with Crippen molar-refractivity contribution in [2.24, 2.45) is 0 Å². The molecule has 1 aliphatic heterocycles. The van der Waals surface area contributed by atoms with Crippen LogP contribution in [-0.2, 0) is 16.6 Å². The molecule has 7 nitrogen and oxygen atoms in total. The van der Waals surface area contributed by atoms with Gasteiger partial charge in [0.1, 0.15) is 11.3 Å². The van der Waals surface area contributed by atoms with Crippen molar-refractivity contribution in [1.29, 1.82) is 0 Å². The van der Waals surface area contributed by atoms with Crippen LogP contribution >= 0.6 is 11.3 Å². The fraction of sp³-hybridized carbons (Fsp3) is 0.208. The molecule has 0 atom stereocenters. The lowest BCUT2D eigenvalue weighted by Gasteiger charge is -2.20. The largest absolute Gasteiger partial charge is 0.279 e. The molecule has 1 fully saturated rings. The zero-order valence-electron chi connectivity index (χ0n) is 18.4. The maximum atomic E-state index is 14.3. The van der Waals surface area contributed by atoms with Crippen molar-refractivity contribution >= 4 is 42.6 Å². The summed E-state index contributed by atoms with van der Waals surface area (Å²) in [7, 11) is -3.62. The van der Waals surface area contributed by atoms with Crippen molar-refractivity contribution in [2.75, 3.05) is 18.0 Å². The smallest absolute Gasteiger partial charge is 0.260 e. The molecule has 1 saturated heterocycles. The van der Waals surface area contributed by atoms with Crippen molar-refractivity contribution in [3.05, 3.63) is 83.7 Å². The zero-order chi connectivity index (χ0) is 24.6. The third kappa shape index (κ3) is 4.66. The third-order valence-electron chi connectivity index (χ3n) is 5.75. The topological polar surface area (TPSA) is 83.5 Å². The summed E-state index contributed by atoms with van der Waals surface area (Å²) in [5, 5.41) is 0.187. The van der Waals surface area contributed by atoms with E-state index < -0.39 is 27.6 Å². The normalized spacial score (nSPS) is 14.5. The van der Waals surface area contributed by atoms with Gasteiger partial charge in [-0.05, 0) is 54.8 Å². The number of sulfonamides is 1. The molecule has 0 saturated carbocycles. The molecule has 1 amide bonds. The number of hydrogen-bond donors (Lipinski definition) is 0. The fourth-order valence-electron chi connectivity index (χ4n) is 3.96. The summed E-state index contributed by atoms with van der Waals surface area (Å²) in [6.45, 7) is 1.05. The second-order valence-electron chi connectivity index (χ2n) is 8.12. The van der Waals surface area contributed by atoms with Gasteiger partial charge in [-0.2, -0.15) is 4.31 Å². The Balaban J connectivity index is 1.50. The summed E-state index contributed by atoms with van der Waals surface area (Å²) in [6.07, 6.45) is 4.85. The number of carbonyl (C=O) groups is 1. The van der Waals surface area contributed by atoms with Gasteiger partial charge in [0.2, 0.25) is 10.0 Å². The Morgan fingerprint density at radius 2 is 1.83 bits per heavy atom. The Morgan fingerprint density at radius 3 is 2.51 bits per heavy atom. The molecule has 5 rings (SSSR count). The number of aromatic nitrogens is 2. The molecule has 2 aromatic heterocycles. The van der Waals surface area contributed by atoms with Crippen LogP contribution in [-0.4, -0.2) is 41.7 Å². The van der Waals surface area contributed by atoms with Crippen molar-refractivity contribution in [1.82, 2.24) is 14.3 Å². The van der Waals surface area contributed by atoms with Crippen LogP contribution in [0.2, 0.25) is 0 Å².